The number of rotatable bonds is 0. The molecule has 0 saturated carbocycles. The highest BCUT2D eigenvalue weighted by Gasteiger charge is 1.96. The maximum Gasteiger partial charge on any atom is 0.0261 e. The Morgan fingerprint density at radius 3 is 0.750 bits per heavy atom. The normalized spacial score (nSPS) is 11.7. The van der Waals surface area contributed by atoms with Crippen molar-refractivity contribution in [3.8, 4) is 47.4 Å². The molecular formula is C40H22. The van der Waals surface area contributed by atoms with Gasteiger partial charge in [-0.05, 0) is 90.0 Å². The second-order valence-corrected chi connectivity index (χ2v) is 9.33. The first kappa shape index (κ1) is 24.4. The third kappa shape index (κ3) is 6.49. The van der Waals surface area contributed by atoms with Crippen molar-refractivity contribution in [1.29, 1.82) is 0 Å². The predicted octanol–water partition coefficient (Wildman–Crippen LogP) is 7.77. The van der Waals surface area contributed by atoms with E-state index in [0.717, 1.165) is 55.6 Å². The lowest BCUT2D eigenvalue weighted by molar-refractivity contribution is 1.57. The molecule has 0 atom stereocenters. The Morgan fingerprint density at radius 2 is 0.475 bits per heavy atom. The molecule has 0 aromatic heterocycles. The Hall–Kier alpha value is -5.92. The van der Waals surface area contributed by atoms with Gasteiger partial charge in [0.15, 0.2) is 0 Å². The minimum atomic E-state index is 0.917. The van der Waals surface area contributed by atoms with Crippen LogP contribution in [0.1, 0.15) is 55.6 Å². The second kappa shape index (κ2) is 11.6. The van der Waals surface area contributed by atoms with E-state index in [0.29, 0.717) is 0 Å². The zero-order chi connectivity index (χ0) is 27.0. The van der Waals surface area contributed by atoms with Crippen molar-refractivity contribution in [3.63, 3.8) is 0 Å². The molecule has 0 saturated heterocycles. The van der Waals surface area contributed by atoms with Crippen molar-refractivity contribution < 1.29 is 0 Å². The smallest absolute Gasteiger partial charge is 0.0261 e. The number of hydrogen-bond donors (Lipinski definition) is 0. The Labute approximate surface area is 236 Å². The van der Waals surface area contributed by atoms with Crippen LogP contribution < -0.4 is 0 Å². The molecular weight excluding hydrogens is 480 g/mol. The summed E-state index contributed by atoms with van der Waals surface area (Å²) in [6.07, 6.45) is 4.21. The van der Waals surface area contributed by atoms with Gasteiger partial charge in [0.25, 0.3) is 0 Å². The fourth-order valence-electron chi connectivity index (χ4n) is 4.23. The molecule has 1 aliphatic rings. The summed E-state index contributed by atoms with van der Waals surface area (Å²) in [6.45, 7) is 0. The lowest BCUT2D eigenvalue weighted by Gasteiger charge is -1.98. The summed E-state index contributed by atoms with van der Waals surface area (Å²) in [5, 5.41) is 0. The topological polar surface area (TPSA) is 0 Å². The third-order valence-corrected chi connectivity index (χ3v) is 6.23. The lowest BCUT2D eigenvalue weighted by atomic mass is 10.1. The Balaban J connectivity index is 1.43. The van der Waals surface area contributed by atoms with E-state index in [2.05, 4.69) is 83.8 Å². The number of benzene rings is 5. The minimum Gasteiger partial charge on any atom is -0.0616 e. The summed E-state index contributed by atoms with van der Waals surface area (Å²) < 4.78 is 0. The van der Waals surface area contributed by atoms with Gasteiger partial charge in [-0.1, -0.05) is 102 Å². The predicted molar refractivity (Wildman–Crippen MR) is 165 cm³/mol. The van der Waals surface area contributed by atoms with Gasteiger partial charge in [0.2, 0.25) is 0 Å². The molecule has 0 heteroatoms. The van der Waals surface area contributed by atoms with E-state index in [1.165, 1.54) is 0 Å². The van der Waals surface area contributed by atoms with Crippen LogP contribution in [-0.2, 0) is 0 Å². The molecule has 0 radical (unpaired) electrons. The van der Waals surface area contributed by atoms with E-state index in [-0.39, 0.29) is 0 Å². The fraction of sp³-hybridized carbons (Fsp3) is 0. The molecule has 6 rings (SSSR count). The fourth-order valence-corrected chi connectivity index (χ4v) is 4.23. The van der Waals surface area contributed by atoms with Gasteiger partial charge in [0, 0.05) is 44.5 Å². The van der Waals surface area contributed by atoms with Gasteiger partial charge >= 0.3 is 0 Å². The van der Waals surface area contributed by atoms with Gasteiger partial charge in [0.05, 0.1) is 0 Å². The van der Waals surface area contributed by atoms with Crippen LogP contribution in [0.5, 0.6) is 0 Å². The van der Waals surface area contributed by atoms with Gasteiger partial charge in [0.1, 0.15) is 0 Å². The van der Waals surface area contributed by atoms with Crippen molar-refractivity contribution in [2.45, 2.75) is 0 Å². The maximum absolute atomic E-state index is 3.30. The van der Waals surface area contributed by atoms with Gasteiger partial charge in [-0.25, -0.2) is 0 Å². The van der Waals surface area contributed by atoms with Crippen LogP contribution in [0.15, 0.2) is 121 Å². The maximum atomic E-state index is 3.30. The van der Waals surface area contributed by atoms with Crippen LogP contribution in [0, 0.1) is 47.4 Å². The van der Waals surface area contributed by atoms with Crippen molar-refractivity contribution in [2.75, 3.05) is 0 Å². The zero-order valence-electron chi connectivity index (χ0n) is 21.7. The van der Waals surface area contributed by atoms with Crippen molar-refractivity contribution in [1.82, 2.24) is 0 Å². The van der Waals surface area contributed by atoms with Gasteiger partial charge in [-0.15, -0.1) is 0 Å². The first-order chi connectivity index (χ1) is 19.7. The van der Waals surface area contributed by atoms with Crippen LogP contribution in [0.3, 0.4) is 0 Å². The van der Waals surface area contributed by atoms with E-state index in [4.69, 9.17) is 0 Å². The summed E-state index contributed by atoms with van der Waals surface area (Å²) in [4.78, 5) is 0. The Morgan fingerprint density at radius 1 is 0.250 bits per heavy atom. The molecule has 40 heavy (non-hydrogen) atoms. The summed E-state index contributed by atoms with van der Waals surface area (Å²) in [5.41, 5.74) is 9.64. The molecule has 0 fully saturated rings. The van der Waals surface area contributed by atoms with Crippen molar-refractivity contribution >= 4 is 12.2 Å². The second-order valence-electron chi connectivity index (χ2n) is 9.33. The van der Waals surface area contributed by atoms with Gasteiger partial charge in [-0.3, -0.25) is 0 Å². The van der Waals surface area contributed by atoms with E-state index in [1.807, 2.05) is 97.1 Å². The summed E-state index contributed by atoms with van der Waals surface area (Å²) in [7, 11) is 0. The molecule has 0 spiro atoms. The first-order valence-electron chi connectivity index (χ1n) is 13.0. The molecule has 0 N–H and O–H groups in total. The molecule has 5 aromatic rings. The third-order valence-electron chi connectivity index (χ3n) is 6.23. The Bertz CT molecular complexity index is 1880. The van der Waals surface area contributed by atoms with Gasteiger partial charge < -0.3 is 0 Å². The van der Waals surface area contributed by atoms with Crippen LogP contribution in [0.4, 0.5) is 0 Å². The SMILES string of the molecule is C1#Cc2cccc(c2)C#Cc2cccc(c2)/C=C\c2cccc(c2)C#Cc2cccc(c2)C#Cc2cccc1c2. The van der Waals surface area contributed by atoms with E-state index in [1.54, 1.807) is 0 Å². The first-order valence-corrected chi connectivity index (χ1v) is 13.0. The molecule has 0 unspecified atom stereocenters. The van der Waals surface area contributed by atoms with Gasteiger partial charge in [-0.2, -0.15) is 0 Å². The van der Waals surface area contributed by atoms with Crippen LogP contribution in [0.2, 0.25) is 0 Å². The van der Waals surface area contributed by atoms with Crippen molar-refractivity contribution in [3.05, 3.63) is 177 Å². The molecule has 1 aliphatic carbocycles. The standard InChI is InChI=1S/C40H22/c1-6-31-16-18-33-8-2-10-35(27-33)20-22-37-12-4-14-39(29-37)24-25-40-15-5-13-38(30-40)23-21-36-11-3-9-34(28-36)19-17-32(7-1)26-31/h1-16,18,26-30H/b18-16-. The Kier molecular flexibility index (Phi) is 7.11. The molecule has 10 bridgehead atoms. The quantitative estimate of drug-likeness (QED) is 0.186. The summed E-state index contributed by atoms with van der Waals surface area (Å²) >= 11 is 0. The molecule has 0 nitrogen and oxygen atoms in total. The molecule has 0 aliphatic heterocycles. The highest BCUT2D eigenvalue weighted by molar-refractivity contribution is 5.71. The van der Waals surface area contributed by atoms with E-state index >= 15 is 0 Å². The lowest BCUT2D eigenvalue weighted by Crippen LogP contribution is -1.82. The highest BCUT2D eigenvalue weighted by atomic mass is 14.0. The number of fused-ring (bicyclic) bond motifs is 10. The largest absolute Gasteiger partial charge is 0.0616 e. The average molecular weight is 503 g/mol. The minimum absolute atomic E-state index is 0.917. The summed E-state index contributed by atoms with van der Waals surface area (Å²) in [5.74, 6) is 26.3. The average Bonchev–Trinajstić information content (AvgIpc) is 3.00. The van der Waals surface area contributed by atoms with Crippen molar-refractivity contribution in [2.24, 2.45) is 0 Å². The molecule has 5 aromatic carbocycles. The monoisotopic (exact) mass is 502 g/mol. The highest BCUT2D eigenvalue weighted by Crippen LogP contribution is 2.13. The van der Waals surface area contributed by atoms with Crippen LogP contribution in [-0.4, -0.2) is 0 Å². The number of hydrogen-bond acceptors (Lipinski definition) is 0. The molecule has 0 amide bonds. The summed E-state index contributed by atoms with van der Waals surface area (Å²) in [6, 6.07) is 40.6. The van der Waals surface area contributed by atoms with Crippen LogP contribution in [0.25, 0.3) is 12.2 Å². The zero-order valence-corrected chi connectivity index (χ0v) is 21.7. The molecule has 0 heterocycles. The van der Waals surface area contributed by atoms with E-state index in [9.17, 15) is 0 Å². The van der Waals surface area contributed by atoms with E-state index < -0.39 is 0 Å². The molecule has 182 valence electrons. The van der Waals surface area contributed by atoms with Crippen LogP contribution >= 0.6 is 0 Å².